The van der Waals surface area contributed by atoms with E-state index in [1.165, 1.54) is 52.5 Å². The largest absolute Gasteiger partial charge is 0.495 e. The monoisotopic (exact) mass is 473 g/mol. The minimum Gasteiger partial charge on any atom is -0.495 e. The van der Waals surface area contributed by atoms with E-state index < -0.39 is 21.8 Å². The Bertz CT molecular complexity index is 1070. The molecule has 162 valence electrons. The Labute approximate surface area is 185 Å². The Balaban J connectivity index is 2.19. The molecular formula is C19H21Cl2N3O5S. The van der Waals surface area contributed by atoms with Crippen molar-refractivity contribution < 1.29 is 22.7 Å². The van der Waals surface area contributed by atoms with Crippen LogP contribution in [0.1, 0.15) is 10.4 Å². The lowest BCUT2D eigenvalue weighted by Crippen LogP contribution is -2.35. The van der Waals surface area contributed by atoms with Gasteiger partial charge in [0.2, 0.25) is 15.9 Å². The SMILES string of the molecule is COc1ccc(Cl)cc1NC(=O)CN(C)C(=O)c1ccc(Cl)c(S(=O)(=O)N(C)C)c1. The molecule has 0 radical (unpaired) electrons. The molecule has 0 fully saturated rings. The van der Waals surface area contributed by atoms with Crippen molar-refractivity contribution in [2.45, 2.75) is 4.90 Å². The predicted molar refractivity (Wildman–Crippen MR) is 116 cm³/mol. The van der Waals surface area contributed by atoms with Crippen molar-refractivity contribution >= 4 is 50.7 Å². The van der Waals surface area contributed by atoms with Gasteiger partial charge in [-0.3, -0.25) is 9.59 Å². The molecule has 0 atom stereocenters. The predicted octanol–water partition coefficient (Wildman–Crippen LogP) is 2.96. The number of halogens is 2. The van der Waals surface area contributed by atoms with Crippen LogP contribution in [0.3, 0.4) is 0 Å². The van der Waals surface area contributed by atoms with Crippen LogP contribution in [0.4, 0.5) is 5.69 Å². The van der Waals surface area contributed by atoms with Crippen LogP contribution in [0.2, 0.25) is 10.0 Å². The number of hydrogen-bond acceptors (Lipinski definition) is 5. The van der Waals surface area contributed by atoms with E-state index >= 15 is 0 Å². The zero-order valence-corrected chi connectivity index (χ0v) is 19.1. The van der Waals surface area contributed by atoms with Crippen LogP contribution in [0, 0.1) is 0 Å². The molecule has 0 bridgehead atoms. The summed E-state index contributed by atoms with van der Waals surface area (Å²) in [6, 6.07) is 8.66. The Kier molecular flexibility index (Phi) is 7.70. The van der Waals surface area contributed by atoms with E-state index in [0.717, 1.165) is 9.21 Å². The molecule has 0 aliphatic heterocycles. The van der Waals surface area contributed by atoms with E-state index in [1.807, 2.05) is 0 Å². The first-order chi connectivity index (χ1) is 14.0. The zero-order chi connectivity index (χ0) is 22.6. The lowest BCUT2D eigenvalue weighted by Gasteiger charge is -2.19. The standard InChI is InChI=1S/C19H21Cl2N3O5S/c1-23(2)30(27,28)17-9-12(5-7-14(17)21)19(26)24(3)11-18(25)22-15-10-13(20)6-8-16(15)29-4/h5-10H,11H2,1-4H3,(H,22,25). The number of hydrogen-bond donors (Lipinski definition) is 1. The molecule has 30 heavy (non-hydrogen) atoms. The number of sulfonamides is 1. The Morgan fingerprint density at radius 1 is 1.07 bits per heavy atom. The van der Waals surface area contributed by atoms with Crippen LogP contribution in [-0.2, 0) is 14.8 Å². The lowest BCUT2D eigenvalue weighted by molar-refractivity contribution is -0.116. The molecular weight excluding hydrogens is 453 g/mol. The number of rotatable bonds is 7. The molecule has 0 aliphatic rings. The van der Waals surface area contributed by atoms with Crippen LogP contribution >= 0.6 is 23.2 Å². The molecule has 2 aromatic carbocycles. The van der Waals surface area contributed by atoms with Crippen LogP contribution < -0.4 is 10.1 Å². The van der Waals surface area contributed by atoms with Gasteiger partial charge in [-0.25, -0.2) is 12.7 Å². The Hall–Kier alpha value is -2.33. The summed E-state index contributed by atoms with van der Waals surface area (Å²) in [5, 5.41) is 3.04. The molecule has 0 aliphatic carbocycles. The summed E-state index contributed by atoms with van der Waals surface area (Å²) in [4.78, 5) is 26.1. The van der Waals surface area contributed by atoms with E-state index in [2.05, 4.69) is 5.32 Å². The average Bonchev–Trinajstić information content (AvgIpc) is 2.67. The van der Waals surface area contributed by atoms with Crippen LogP contribution in [-0.4, -0.2) is 64.2 Å². The van der Waals surface area contributed by atoms with Crippen molar-refractivity contribution in [3.8, 4) is 5.75 Å². The molecule has 2 amide bonds. The summed E-state index contributed by atoms with van der Waals surface area (Å²) in [6.07, 6.45) is 0. The average molecular weight is 474 g/mol. The molecule has 2 aromatic rings. The third-order valence-corrected chi connectivity index (χ3v) is 6.63. The number of amides is 2. The number of carbonyl (C=O) groups excluding carboxylic acids is 2. The maximum Gasteiger partial charge on any atom is 0.254 e. The summed E-state index contributed by atoms with van der Waals surface area (Å²) in [5.74, 6) is -0.616. The Morgan fingerprint density at radius 3 is 2.33 bits per heavy atom. The highest BCUT2D eigenvalue weighted by Crippen LogP contribution is 2.28. The molecule has 1 N–H and O–H groups in total. The maximum absolute atomic E-state index is 12.7. The smallest absolute Gasteiger partial charge is 0.254 e. The quantitative estimate of drug-likeness (QED) is 0.666. The number of anilines is 1. The molecule has 11 heteroatoms. The second kappa shape index (κ2) is 9.65. The highest BCUT2D eigenvalue weighted by atomic mass is 35.5. The number of ether oxygens (including phenoxy) is 1. The fourth-order valence-corrected chi connectivity index (χ4v) is 4.07. The van der Waals surface area contributed by atoms with Crippen molar-refractivity contribution in [2.75, 3.05) is 40.1 Å². The highest BCUT2D eigenvalue weighted by molar-refractivity contribution is 7.89. The van der Waals surface area contributed by atoms with Crippen LogP contribution in [0.15, 0.2) is 41.3 Å². The van der Waals surface area contributed by atoms with Crippen LogP contribution in [0.5, 0.6) is 5.75 Å². The molecule has 0 unspecified atom stereocenters. The van der Waals surface area contributed by atoms with E-state index in [-0.39, 0.29) is 22.0 Å². The third-order valence-electron chi connectivity index (χ3n) is 4.10. The van der Waals surface area contributed by atoms with Gasteiger partial charge in [0.1, 0.15) is 10.6 Å². The first-order valence-electron chi connectivity index (χ1n) is 8.58. The fraction of sp³-hybridized carbons (Fsp3) is 0.263. The normalized spacial score (nSPS) is 11.3. The van der Waals surface area contributed by atoms with E-state index in [9.17, 15) is 18.0 Å². The summed E-state index contributed by atoms with van der Waals surface area (Å²) in [7, 11) is 1.76. The molecule has 2 rings (SSSR count). The van der Waals surface area contributed by atoms with E-state index in [0.29, 0.717) is 16.5 Å². The maximum atomic E-state index is 12.7. The van der Waals surface area contributed by atoms with Crippen molar-refractivity contribution in [1.29, 1.82) is 0 Å². The van der Waals surface area contributed by atoms with Crippen molar-refractivity contribution in [1.82, 2.24) is 9.21 Å². The summed E-state index contributed by atoms with van der Waals surface area (Å²) in [6.45, 7) is -0.285. The fourth-order valence-electron chi connectivity index (χ4n) is 2.51. The summed E-state index contributed by atoms with van der Waals surface area (Å²) < 4.78 is 31.0. The zero-order valence-electron chi connectivity index (χ0n) is 16.8. The van der Waals surface area contributed by atoms with Crippen molar-refractivity contribution in [3.05, 3.63) is 52.0 Å². The molecule has 0 aromatic heterocycles. The number of carbonyl (C=O) groups is 2. The van der Waals surface area contributed by atoms with Gasteiger partial charge in [-0.05, 0) is 36.4 Å². The lowest BCUT2D eigenvalue weighted by atomic mass is 10.2. The van der Waals surface area contributed by atoms with Gasteiger partial charge in [-0.2, -0.15) is 0 Å². The molecule has 8 nitrogen and oxygen atoms in total. The van der Waals surface area contributed by atoms with Gasteiger partial charge in [-0.1, -0.05) is 23.2 Å². The topological polar surface area (TPSA) is 96.0 Å². The molecule has 0 spiro atoms. The van der Waals surface area contributed by atoms with Gasteiger partial charge in [0.05, 0.1) is 24.4 Å². The number of benzene rings is 2. The van der Waals surface area contributed by atoms with Gasteiger partial charge >= 0.3 is 0 Å². The van der Waals surface area contributed by atoms with Crippen molar-refractivity contribution in [3.63, 3.8) is 0 Å². The number of nitrogens with one attached hydrogen (secondary N) is 1. The first-order valence-corrected chi connectivity index (χ1v) is 10.8. The van der Waals surface area contributed by atoms with E-state index in [1.54, 1.807) is 12.1 Å². The second-order valence-electron chi connectivity index (χ2n) is 6.49. The summed E-state index contributed by atoms with van der Waals surface area (Å²) >= 11 is 12.0. The minimum absolute atomic E-state index is 0.00584. The van der Waals surface area contributed by atoms with Gasteiger partial charge in [0.15, 0.2) is 0 Å². The summed E-state index contributed by atoms with van der Waals surface area (Å²) in [5.41, 5.74) is 0.442. The van der Waals surface area contributed by atoms with Gasteiger partial charge in [0, 0.05) is 31.7 Å². The van der Waals surface area contributed by atoms with Crippen molar-refractivity contribution in [2.24, 2.45) is 0 Å². The third kappa shape index (κ3) is 5.42. The number of nitrogens with zero attached hydrogens (tertiary/aromatic N) is 2. The van der Waals surface area contributed by atoms with Crippen LogP contribution in [0.25, 0.3) is 0 Å². The van der Waals surface area contributed by atoms with Gasteiger partial charge in [-0.15, -0.1) is 0 Å². The number of likely N-dealkylation sites (N-methyl/N-ethyl adjacent to an activating group) is 1. The molecule has 0 saturated carbocycles. The Morgan fingerprint density at radius 2 is 1.73 bits per heavy atom. The molecule has 0 heterocycles. The van der Waals surface area contributed by atoms with Gasteiger partial charge < -0.3 is 15.0 Å². The first kappa shape index (κ1) is 23.9. The van der Waals surface area contributed by atoms with E-state index in [4.69, 9.17) is 27.9 Å². The minimum atomic E-state index is -3.84. The molecule has 0 saturated heterocycles. The highest BCUT2D eigenvalue weighted by Gasteiger charge is 2.24. The van der Waals surface area contributed by atoms with Gasteiger partial charge in [0.25, 0.3) is 5.91 Å². The number of methoxy groups -OCH3 is 1. The second-order valence-corrected chi connectivity index (χ2v) is 9.45.